The highest BCUT2D eigenvalue weighted by Crippen LogP contribution is 2.28. The van der Waals surface area contributed by atoms with Gasteiger partial charge in [-0.2, -0.15) is 0 Å². The Morgan fingerprint density at radius 3 is 2.85 bits per heavy atom. The number of benzene rings is 2. The first-order chi connectivity index (χ1) is 12.6. The quantitative estimate of drug-likeness (QED) is 0.720. The summed E-state index contributed by atoms with van der Waals surface area (Å²) < 4.78 is 16.3. The Morgan fingerprint density at radius 2 is 2.08 bits per heavy atom. The Balaban J connectivity index is 1.64. The van der Waals surface area contributed by atoms with Gasteiger partial charge in [0.05, 0.1) is 7.11 Å². The number of nitrogens with zero attached hydrogens (tertiary/aromatic N) is 1. The van der Waals surface area contributed by atoms with Gasteiger partial charge in [0.2, 0.25) is 0 Å². The average molecular weight is 352 g/mol. The minimum atomic E-state index is -0.274. The summed E-state index contributed by atoms with van der Waals surface area (Å²) in [7, 11) is 1.57. The van der Waals surface area contributed by atoms with E-state index >= 15 is 0 Å². The predicted molar refractivity (Wildman–Crippen MR) is 101 cm³/mol. The number of carbonyl (C=O) groups is 1. The summed E-state index contributed by atoms with van der Waals surface area (Å²) in [6, 6.07) is 10.8. The Kier molecular flexibility index (Phi) is 5.22. The molecule has 0 atom stereocenters. The van der Waals surface area contributed by atoms with Crippen LogP contribution in [0.25, 0.3) is 17.2 Å². The van der Waals surface area contributed by atoms with Gasteiger partial charge in [-0.05, 0) is 42.8 Å². The van der Waals surface area contributed by atoms with Gasteiger partial charge in [0, 0.05) is 12.6 Å². The molecule has 0 radical (unpaired) electrons. The maximum absolute atomic E-state index is 12.2. The van der Waals surface area contributed by atoms with Crippen LogP contribution in [0.1, 0.15) is 18.4 Å². The number of fused-ring (bicyclic) bond motifs is 1. The van der Waals surface area contributed by atoms with E-state index in [-0.39, 0.29) is 12.5 Å². The molecular weight excluding hydrogens is 332 g/mol. The molecule has 0 spiro atoms. The molecule has 0 fully saturated rings. The number of carbonyl (C=O) groups excluding carboxylic acids is 1. The lowest BCUT2D eigenvalue weighted by molar-refractivity contribution is -0.118. The number of rotatable bonds is 6. The van der Waals surface area contributed by atoms with Crippen LogP contribution in [0.15, 0.2) is 46.9 Å². The smallest absolute Gasteiger partial charge is 0.262 e. The molecule has 3 aromatic rings. The Bertz CT molecular complexity index is 960. The van der Waals surface area contributed by atoms with Crippen LogP contribution in [0.5, 0.6) is 11.5 Å². The maximum Gasteiger partial charge on any atom is 0.262 e. The molecule has 0 saturated carbocycles. The van der Waals surface area contributed by atoms with E-state index in [1.54, 1.807) is 38.3 Å². The van der Waals surface area contributed by atoms with Gasteiger partial charge < -0.3 is 19.2 Å². The normalized spacial score (nSPS) is 11.0. The lowest BCUT2D eigenvalue weighted by Crippen LogP contribution is -2.20. The predicted octanol–water partition coefficient (Wildman–Crippen LogP) is 4.20. The highest BCUT2D eigenvalue weighted by atomic mass is 16.5. The molecule has 0 aliphatic carbocycles. The van der Waals surface area contributed by atoms with Crippen molar-refractivity contribution in [2.75, 3.05) is 19.0 Å². The molecule has 26 heavy (non-hydrogen) atoms. The van der Waals surface area contributed by atoms with Crippen molar-refractivity contribution in [1.82, 2.24) is 4.98 Å². The van der Waals surface area contributed by atoms with E-state index in [1.807, 2.05) is 31.2 Å². The van der Waals surface area contributed by atoms with Crippen molar-refractivity contribution in [2.45, 2.75) is 13.8 Å². The molecule has 1 heterocycles. The van der Waals surface area contributed by atoms with Crippen molar-refractivity contribution in [3.8, 4) is 11.5 Å². The number of hydrogen-bond donors (Lipinski definition) is 1. The van der Waals surface area contributed by atoms with Gasteiger partial charge in [-0.15, -0.1) is 0 Å². The third kappa shape index (κ3) is 4.03. The summed E-state index contributed by atoms with van der Waals surface area (Å²) in [5, 5.41) is 2.79. The molecule has 1 aromatic heterocycles. The van der Waals surface area contributed by atoms with Crippen LogP contribution in [-0.4, -0.2) is 24.6 Å². The minimum Gasteiger partial charge on any atom is -0.493 e. The maximum atomic E-state index is 12.2. The van der Waals surface area contributed by atoms with Crippen LogP contribution < -0.4 is 14.8 Å². The highest BCUT2D eigenvalue weighted by Gasteiger charge is 2.10. The van der Waals surface area contributed by atoms with Gasteiger partial charge in [-0.25, -0.2) is 4.98 Å². The fourth-order valence-corrected chi connectivity index (χ4v) is 2.56. The number of aryl methyl sites for hydroxylation is 1. The number of oxazole rings is 1. The number of hydrogen-bond acceptors (Lipinski definition) is 5. The third-order valence-corrected chi connectivity index (χ3v) is 3.68. The van der Waals surface area contributed by atoms with Crippen LogP contribution in [0.4, 0.5) is 5.69 Å². The topological polar surface area (TPSA) is 73.6 Å². The third-order valence-electron chi connectivity index (χ3n) is 3.68. The fraction of sp³-hybridized carbons (Fsp3) is 0.200. The summed E-state index contributed by atoms with van der Waals surface area (Å²) in [6.45, 7) is 3.59. The van der Waals surface area contributed by atoms with Crippen molar-refractivity contribution in [3.63, 3.8) is 0 Å². The van der Waals surface area contributed by atoms with Gasteiger partial charge in [0.1, 0.15) is 5.52 Å². The molecule has 0 bridgehead atoms. The second-order valence-electron chi connectivity index (χ2n) is 5.66. The van der Waals surface area contributed by atoms with E-state index in [0.717, 1.165) is 5.56 Å². The van der Waals surface area contributed by atoms with Crippen molar-refractivity contribution in [2.24, 2.45) is 0 Å². The van der Waals surface area contributed by atoms with Gasteiger partial charge in [0.15, 0.2) is 29.6 Å². The van der Waals surface area contributed by atoms with Crippen LogP contribution >= 0.6 is 0 Å². The van der Waals surface area contributed by atoms with E-state index in [9.17, 15) is 4.79 Å². The van der Waals surface area contributed by atoms with E-state index in [4.69, 9.17) is 13.9 Å². The van der Waals surface area contributed by atoms with Gasteiger partial charge >= 0.3 is 0 Å². The van der Waals surface area contributed by atoms with Crippen molar-refractivity contribution in [3.05, 3.63) is 53.9 Å². The number of amides is 1. The molecular formula is C20H20N2O4. The second-order valence-corrected chi connectivity index (χ2v) is 5.66. The lowest BCUT2D eigenvalue weighted by Gasteiger charge is -2.11. The first-order valence-corrected chi connectivity index (χ1v) is 8.19. The zero-order valence-corrected chi connectivity index (χ0v) is 14.9. The molecule has 1 N–H and O–H groups in total. The first kappa shape index (κ1) is 17.5. The summed E-state index contributed by atoms with van der Waals surface area (Å²) >= 11 is 0. The zero-order valence-electron chi connectivity index (χ0n) is 14.9. The van der Waals surface area contributed by atoms with Gasteiger partial charge in [0.25, 0.3) is 5.91 Å². The Hall–Kier alpha value is -3.28. The molecule has 1 amide bonds. The molecule has 0 aliphatic rings. The van der Waals surface area contributed by atoms with Crippen LogP contribution in [0, 0.1) is 6.92 Å². The number of aromatic nitrogens is 1. The van der Waals surface area contributed by atoms with Crippen LogP contribution in [0.2, 0.25) is 0 Å². The van der Waals surface area contributed by atoms with Crippen molar-refractivity contribution >= 4 is 28.8 Å². The Morgan fingerprint density at radius 1 is 1.23 bits per heavy atom. The summed E-state index contributed by atoms with van der Waals surface area (Å²) in [6.07, 6.45) is 3.90. The van der Waals surface area contributed by atoms with Crippen molar-refractivity contribution < 1.29 is 18.7 Å². The summed E-state index contributed by atoms with van der Waals surface area (Å²) in [4.78, 5) is 16.4. The molecule has 3 rings (SSSR count). The average Bonchev–Trinajstić information content (AvgIpc) is 3.00. The summed E-state index contributed by atoms with van der Waals surface area (Å²) in [5.41, 5.74) is 3.01. The van der Waals surface area contributed by atoms with Gasteiger partial charge in [-0.3, -0.25) is 4.79 Å². The second kappa shape index (κ2) is 7.74. The molecule has 0 aliphatic heterocycles. The van der Waals surface area contributed by atoms with Crippen LogP contribution in [-0.2, 0) is 4.79 Å². The monoisotopic (exact) mass is 352 g/mol. The first-order valence-electron chi connectivity index (χ1n) is 8.19. The largest absolute Gasteiger partial charge is 0.493 e. The van der Waals surface area contributed by atoms with Crippen molar-refractivity contribution in [1.29, 1.82) is 0 Å². The number of anilines is 1. The highest BCUT2D eigenvalue weighted by molar-refractivity contribution is 5.93. The van der Waals surface area contributed by atoms with E-state index in [0.29, 0.717) is 34.2 Å². The van der Waals surface area contributed by atoms with Crippen LogP contribution in [0.3, 0.4) is 0 Å². The molecule has 6 nitrogen and oxygen atoms in total. The number of nitrogens with one attached hydrogen (secondary N) is 1. The number of allylic oxidation sites excluding steroid dienone is 1. The standard InChI is InChI=1S/C20H20N2O4/c1-4-5-14-6-8-18(19(10-14)24-3)25-12-20(23)22-15-7-9-17-16(11-15)21-13(2)26-17/h4-11H,12H2,1-3H3,(H,22,23)/b5-4+. The summed E-state index contributed by atoms with van der Waals surface area (Å²) in [5.74, 6) is 1.40. The lowest BCUT2D eigenvalue weighted by atomic mass is 10.2. The fourth-order valence-electron chi connectivity index (χ4n) is 2.56. The van der Waals surface area contributed by atoms with Gasteiger partial charge in [-0.1, -0.05) is 18.2 Å². The molecule has 0 unspecified atom stereocenters. The molecule has 134 valence electrons. The zero-order chi connectivity index (χ0) is 18.5. The van der Waals surface area contributed by atoms with E-state index in [1.165, 1.54) is 0 Å². The Labute approximate surface area is 151 Å². The van der Waals surface area contributed by atoms with E-state index in [2.05, 4.69) is 10.3 Å². The molecule has 2 aromatic carbocycles. The number of methoxy groups -OCH3 is 1. The SMILES string of the molecule is C/C=C/c1ccc(OCC(=O)Nc2ccc3oc(C)nc3c2)c(OC)c1. The van der Waals surface area contributed by atoms with E-state index < -0.39 is 0 Å². The number of ether oxygens (including phenoxy) is 2. The molecule has 0 saturated heterocycles. The molecule has 6 heteroatoms. The minimum absolute atomic E-state index is 0.130.